The standard InChI is InChI=1S/C24H29FN10O4/c1-32(2)23(39)21(37)30-20-18-17(16(25)13-29-20)15(12-28-18)19(36)22(38)33-8-10-34(11-9-33)24(31-26)35(27)14-6-4-3-5-7-14/h3-7,12-13,24,28,31H,8-11,26-27H2,1-2H3,(H,29,30,37). The van der Waals surface area contributed by atoms with E-state index < -0.39 is 35.6 Å². The number of pyridine rings is 1. The molecule has 0 aliphatic carbocycles. The average molecular weight is 541 g/mol. The number of nitrogens with two attached hydrogens (primary N) is 2. The summed E-state index contributed by atoms with van der Waals surface area (Å²) in [5.41, 5.74) is 3.15. The molecule has 7 N–H and O–H groups in total. The highest BCUT2D eigenvalue weighted by Gasteiger charge is 2.33. The highest BCUT2D eigenvalue weighted by atomic mass is 19.1. The maximum atomic E-state index is 14.8. The lowest BCUT2D eigenvalue weighted by molar-refractivity contribution is -0.141. The predicted octanol–water partition coefficient (Wildman–Crippen LogP) is -0.817. The Morgan fingerprint density at radius 1 is 1.10 bits per heavy atom. The fourth-order valence-electron chi connectivity index (χ4n) is 4.28. The number of hydrogen-bond donors (Lipinski definition) is 5. The molecule has 1 aromatic carbocycles. The van der Waals surface area contributed by atoms with E-state index in [0.29, 0.717) is 13.1 Å². The van der Waals surface area contributed by atoms with Crippen molar-refractivity contribution < 1.29 is 23.6 Å². The van der Waals surface area contributed by atoms with Crippen molar-refractivity contribution in [1.29, 1.82) is 0 Å². The van der Waals surface area contributed by atoms with Gasteiger partial charge in [0.25, 0.3) is 11.7 Å². The van der Waals surface area contributed by atoms with Crippen molar-refractivity contribution in [3.8, 4) is 0 Å². The zero-order chi connectivity index (χ0) is 28.3. The molecule has 0 saturated carbocycles. The summed E-state index contributed by atoms with van der Waals surface area (Å²) in [4.78, 5) is 61.1. The van der Waals surface area contributed by atoms with E-state index in [9.17, 15) is 23.6 Å². The normalized spacial score (nSPS) is 14.6. The number of fused-ring (bicyclic) bond motifs is 1. The second-order valence-corrected chi connectivity index (χ2v) is 9.00. The van der Waals surface area contributed by atoms with E-state index in [2.05, 4.69) is 20.7 Å². The Bertz CT molecular complexity index is 1390. The van der Waals surface area contributed by atoms with Crippen molar-refractivity contribution in [2.24, 2.45) is 11.7 Å². The van der Waals surface area contributed by atoms with Crippen LogP contribution >= 0.6 is 0 Å². The zero-order valence-electron chi connectivity index (χ0n) is 21.3. The van der Waals surface area contributed by atoms with Crippen LogP contribution in [0.25, 0.3) is 10.9 Å². The lowest BCUT2D eigenvalue weighted by Crippen LogP contribution is -2.65. The molecule has 39 heavy (non-hydrogen) atoms. The fraction of sp³-hybridized carbons (Fsp3) is 0.292. The second-order valence-electron chi connectivity index (χ2n) is 9.00. The van der Waals surface area contributed by atoms with E-state index in [0.717, 1.165) is 16.8 Å². The fourth-order valence-corrected chi connectivity index (χ4v) is 4.28. The van der Waals surface area contributed by atoms with Gasteiger partial charge in [-0.2, -0.15) is 0 Å². The second kappa shape index (κ2) is 11.5. The van der Waals surface area contributed by atoms with Crippen LogP contribution in [0.3, 0.4) is 0 Å². The first-order valence-electron chi connectivity index (χ1n) is 11.9. The van der Waals surface area contributed by atoms with E-state index >= 15 is 0 Å². The lowest BCUT2D eigenvalue weighted by atomic mass is 10.1. The molecule has 1 unspecified atom stereocenters. The number of aromatic nitrogens is 2. The largest absolute Gasteiger partial charge is 0.357 e. The van der Waals surface area contributed by atoms with E-state index in [1.165, 1.54) is 30.2 Å². The molecule has 0 spiro atoms. The van der Waals surface area contributed by atoms with Crippen molar-refractivity contribution in [3.63, 3.8) is 0 Å². The highest BCUT2D eigenvalue weighted by Crippen LogP contribution is 2.27. The minimum absolute atomic E-state index is 0.0308. The van der Waals surface area contributed by atoms with Gasteiger partial charge in [0.15, 0.2) is 17.9 Å². The third kappa shape index (κ3) is 5.56. The number of nitrogens with one attached hydrogen (secondary N) is 3. The van der Waals surface area contributed by atoms with Crippen LogP contribution in [0.1, 0.15) is 10.4 Å². The summed E-state index contributed by atoms with van der Waals surface area (Å²) >= 11 is 0. The van der Waals surface area contributed by atoms with Crippen molar-refractivity contribution in [3.05, 3.63) is 54.1 Å². The first-order chi connectivity index (χ1) is 18.6. The number of H-pyrrole nitrogens is 1. The Morgan fingerprint density at radius 2 is 1.77 bits per heavy atom. The number of anilines is 2. The summed E-state index contributed by atoms with van der Waals surface area (Å²) in [6, 6.07) is 9.21. The van der Waals surface area contributed by atoms with E-state index in [1.54, 1.807) is 0 Å². The smallest absolute Gasteiger partial charge is 0.315 e. The van der Waals surface area contributed by atoms with Gasteiger partial charge < -0.3 is 20.1 Å². The molecule has 3 aromatic rings. The molecule has 1 saturated heterocycles. The number of para-hydroxylation sites is 1. The summed E-state index contributed by atoms with van der Waals surface area (Å²) in [5, 5.41) is 3.55. The molecular formula is C24H29FN10O4. The lowest BCUT2D eigenvalue weighted by Gasteiger charge is -2.42. The van der Waals surface area contributed by atoms with Crippen LogP contribution in [0.15, 0.2) is 42.7 Å². The molecule has 3 amide bonds. The minimum atomic E-state index is -0.995. The van der Waals surface area contributed by atoms with E-state index in [-0.39, 0.29) is 35.4 Å². The number of hydrazine groups is 2. The summed E-state index contributed by atoms with van der Waals surface area (Å²) in [6.07, 6.45) is 1.41. The third-order valence-electron chi connectivity index (χ3n) is 6.35. The first kappa shape index (κ1) is 27.6. The number of carbonyl (C=O) groups excluding carboxylic acids is 4. The average Bonchev–Trinajstić information content (AvgIpc) is 3.41. The molecule has 0 radical (unpaired) electrons. The Balaban J connectivity index is 1.47. The molecule has 3 heterocycles. The number of piperazine rings is 1. The molecule has 0 bridgehead atoms. The number of Topliss-reactive ketones (excluding diaryl/α,β-unsaturated/α-hetero) is 1. The van der Waals surface area contributed by atoms with Gasteiger partial charge in [-0.3, -0.25) is 34.9 Å². The summed E-state index contributed by atoms with van der Waals surface area (Å²) in [6.45, 7) is 1.12. The van der Waals surface area contributed by atoms with Gasteiger partial charge in [-0.25, -0.2) is 20.6 Å². The molecule has 1 aliphatic heterocycles. The number of carbonyl (C=O) groups is 4. The van der Waals surface area contributed by atoms with Gasteiger partial charge in [-0.15, -0.1) is 0 Å². The topological polar surface area (TPSA) is 186 Å². The zero-order valence-corrected chi connectivity index (χ0v) is 21.3. The molecular weight excluding hydrogens is 511 g/mol. The molecule has 1 fully saturated rings. The molecule has 206 valence electrons. The Morgan fingerprint density at radius 3 is 2.38 bits per heavy atom. The summed E-state index contributed by atoms with van der Waals surface area (Å²) in [5.74, 6) is 7.39. The van der Waals surface area contributed by atoms with Crippen LogP contribution in [0.2, 0.25) is 0 Å². The molecule has 15 heteroatoms. The molecule has 2 aromatic heterocycles. The number of hydrogen-bond acceptors (Lipinski definition) is 10. The number of ketones is 1. The Labute approximate surface area is 222 Å². The van der Waals surface area contributed by atoms with Crippen LogP contribution in [0.5, 0.6) is 0 Å². The summed E-state index contributed by atoms with van der Waals surface area (Å²) < 4.78 is 14.8. The third-order valence-corrected chi connectivity index (χ3v) is 6.35. The summed E-state index contributed by atoms with van der Waals surface area (Å²) in [7, 11) is 2.79. The van der Waals surface area contributed by atoms with Crippen molar-refractivity contribution >= 4 is 45.9 Å². The van der Waals surface area contributed by atoms with Gasteiger partial charge in [0.05, 0.1) is 28.4 Å². The number of amides is 3. The van der Waals surface area contributed by atoms with Crippen molar-refractivity contribution in [1.82, 2.24) is 30.1 Å². The van der Waals surface area contributed by atoms with E-state index in [4.69, 9.17) is 11.7 Å². The van der Waals surface area contributed by atoms with Crippen LogP contribution in [-0.4, -0.2) is 94.7 Å². The number of rotatable bonds is 7. The SMILES string of the molecule is CN(C)C(=O)C(=O)Nc1ncc(F)c2c(C(=O)C(=O)N3CCN(C(NN)N(N)c4ccccc4)CC3)c[nH]c12. The van der Waals surface area contributed by atoms with Gasteiger partial charge in [0.2, 0.25) is 0 Å². The molecule has 14 nitrogen and oxygen atoms in total. The van der Waals surface area contributed by atoms with Crippen LogP contribution < -0.4 is 27.4 Å². The highest BCUT2D eigenvalue weighted by molar-refractivity contribution is 6.45. The van der Waals surface area contributed by atoms with Gasteiger partial charge in [0.1, 0.15) is 0 Å². The molecule has 1 aliphatic rings. The first-order valence-corrected chi connectivity index (χ1v) is 11.9. The number of halogens is 1. The minimum Gasteiger partial charge on any atom is -0.357 e. The van der Waals surface area contributed by atoms with Gasteiger partial charge in [0, 0.05) is 46.5 Å². The molecule has 1 atom stereocenters. The van der Waals surface area contributed by atoms with Gasteiger partial charge >= 0.3 is 11.8 Å². The van der Waals surface area contributed by atoms with Crippen molar-refractivity contribution in [2.75, 3.05) is 50.6 Å². The maximum absolute atomic E-state index is 14.8. The predicted molar refractivity (Wildman–Crippen MR) is 140 cm³/mol. The van der Waals surface area contributed by atoms with Gasteiger partial charge in [-0.05, 0) is 12.1 Å². The van der Waals surface area contributed by atoms with E-state index in [1.807, 2.05) is 35.2 Å². The number of likely N-dealkylation sites (N-methyl/N-ethyl adjacent to an activating group) is 1. The monoisotopic (exact) mass is 540 g/mol. The quantitative estimate of drug-likeness (QED) is 0.0834. The number of aromatic amines is 1. The number of nitrogens with zero attached hydrogens (tertiary/aromatic N) is 5. The van der Waals surface area contributed by atoms with Crippen LogP contribution in [-0.2, 0) is 14.4 Å². The van der Waals surface area contributed by atoms with Crippen LogP contribution in [0.4, 0.5) is 15.9 Å². The Hall–Kier alpha value is -4.44. The van der Waals surface area contributed by atoms with Crippen LogP contribution in [0, 0.1) is 5.82 Å². The van der Waals surface area contributed by atoms with Crippen molar-refractivity contribution in [2.45, 2.75) is 6.29 Å². The number of benzene rings is 1. The molecule has 4 rings (SSSR count). The Kier molecular flexibility index (Phi) is 8.15. The maximum Gasteiger partial charge on any atom is 0.315 e. The van der Waals surface area contributed by atoms with Gasteiger partial charge in [-0.1, -0.05) is 18.2 Å².